The van der Waals surface area contributed by atoms with Crippen LogP contribution in [0.3, 0.4) is 0 Å². The summed E-state index contributed by atoms with van der Waals surface area (Å²) in [6.45, 7) is 2.00. The van der Waals surface area contributed by atoms with E-state index in [1.165, 1.54) is 36.0 Å². The van der Waals surface area contributed by atoms with Crippen molar-refractivity contribution in [1.82, 2.24) is 14.8 Å². The van der Waals surface area contributed by atoms with Crippen LogP contribution in [0.15, 0.2) is 29.4 Å². The van der Waals surface area contributed by atoms with Gasteiger partial charge in [-0.25, -0.2) is 4.39 Å². The minimum Gasteiger partial charge on any atom is -0.309 e. The summed E-state index contributed by atoms with van der Waals surface area (Å²) in [6, 6.07) is 5.56. The maximum atomic E-state index is 12.8. The molecule has 0 spiro atoms. The lowest BCUT2D eigenvalue weighted by atomic mass is 10.1. The number of nitrogens with zero attached hydrogens (tertiary/aromatic N) is 3. The molecule has 1 heterocycles. The molecule has 100 valence electrons. The SMILES string of the molecule is CCc1nnc(SCC(=O)c2ccc(F)cc2)n1C. The molecule has 0 unspecified atom stereocenters. The Balaban J connectivity index is 2.00. The zero-order valence-electron chi connectivity index (χ0n) is 10.8. The first kappa shape index (κ1) is 13.7. The Bertz CT molecular complexity index is 580. The highest BCUT2D eigenvalue weighted by atomic mass is 32.2. The summed E-state index contributed by atoms with van der Waals surface area (Å²) in [6.07, 6.45) is 0.802. The van der Waals surface area contributed by atoms with Gasteiger partial charge in [0.05, 0.1) is 5.75 Å². The largest absolute Gasteiger partial charge is 0.309 e. The molecule has 2 rings (SSSR count). The van der Waals surface area contributed by atoms with Crippen LogP contribution in [-0.4, -0.2) is 26.3 Å². The van der Waals surface area contributed by atoms with Crippen LogP contribution < -0.4 is 0 Å². The quantitative estimate of drug-likeness (QED) is 0.623. The van der Waals surface area contributed by atoms with Gasteiger partial charge in [0.1, 0.15) is 11.6 Å². The van der Waals surface area contributed by atoms with Gasteiger partial charge in [0.15, 0.2) is 10.9 Å². The fraction of sp³-hybridized carbons (Fsp3) is 0.308. The Morgan fingerprint density at radius 2 is 2.00 bits per heavy atom. The number of hydrogen-bond donors (Lipinski definition) is 0. The lowest BCUT2D eigenvalue weighted by Crippen LogP contribution is -2.04. The average molecular weight is 279 g/mol. The molecule has 4 nitrogen and oxygen atoms in total. The fourth-order valence-electron chi connectivity index (χ4n) is 1.63. The van der Waals surface area contributed by atoms with E-state index in [1.807, 2.05) is 18.5 Å². The van der Waals surface area contributed by atoms with Crippen LogP contribution in [0.2, 0.25) is 0 Å². The molecule has 0 N–H and O–H groups in total. The van der Waals surface area contributed by atoms with E-state index in [0.29, 0.717) is 10.7 Å². The van der Waals surface area contributed by atoms with Crippen molar-refractivity contribution in [2.45, 2.75) is 18.5 Å². The van der Waals surface area contributed by atoms with Crippen LogP contribution in [0.4, 0.5) is 4.39 Å². The molecule has 0 aliphatic rings. The van der Waals surface area contributed by atoms with Crippen molar-refractivity contribution in [3.05, 3.63) is 41.5 Å². The number of hydrogen-bond acceptors (Lipinski definition) is 4. The molecule has 0 radical (unpaired) electrons. The first-order valence-electron chi connectivity index (χ1n) is 5.91. The highest BCUT2D eigenvalue weighted by Gasteiger charge is 2.11. The summed E-state index contributed by atoms with van der Waals surface area (Å²) in [4.78, 5) is 11.9. The standard InChI is InChI=1S/C13H14FN3OS/c1-3-12-15-16-13(17(12)2)19-8-11(18)9-4-6-10(14)7-5-9/h4-7H,3,8H2,1-2H3. The van der Waals surface area contributed by atoms with Crippen molar-refractivity contribution in [1.29, 1.82) is 0 Å². The predicted octanol–water partition coefficient (Wildman–Crippen LogP) is 2.49. The van der Waals surface area contributed by atoms with Gasteiger partial charge in [0, 0.05) is 19.0 Å². The third-order valence-corrected chi connectivity index (χ3v) is 3.76. The van der Waals surface area contributed by atoms with Crippen molar-refractivity contribution < 1.29 is 9.18 Å². The summed E-state index contributed by atoms with van der Waals surface area (Å²) in [5, 5.41) is 8.77. The van der Waals surface area contributed by atoms with Gasteiger partial charge >= 0.3 is 0 Å². The molecule has 0 amide bonds. The van der Waals surface area contributed by atoms with E-state index in [1.54, 1.807) is 0 Å². The molecular weight excluding hydrogens is 265 g/mol. The number of aryl methyl sites for hydroxylation is 1. The zero-order chi connectivity index (χ0) is 13.8. The van der Waals surface area contributed by atoms with E-state index in [9.17, 15) is 9.18 Å². The summed E-state index contributed by atoms with van der Waals surface area (Å²) in [7, 11) is 1.88. The van der Waals surface area contributed by atoms with E-state index in [2.05, 4.69) is 10.2 Å². The molecule has 1 aromatic heterocycles. The van der Waals surface area contributed by atoms with Crippen molar-refractivity contribution >= 4 is 17.5 Å². The number of thioether (sulfide) groups is 1. The van der Waals surface area contributed by atoms with Gasteiger partial charge in [-0.15, -0.1) is 10.2 Å². The number of halogens is 1. The van der Waals surface area contributed by atoms with Gasteiger partial charge in [-0.1, -0.05) is 18.7 Å². The number of aromatic nitrogens is 3. The van der Waals surface area contributed by atoms with Crippen molar-refractivity contribution in [2.75, 3.05) is 5.75 Å². The number of rotatable bonds is 5. The van der Waals surface area contributed by atoms with Gasteiger partial charge in [0.25, 0.3) is 0 Å². The van der Waals surface area contributed by atoms with Crippen LogP contribution in [0.5, 0.6) is 0 Å². The van der Waals surface area contributed by atoms with E-state index in [4.69, 9.17) is 0 Å². The summed E-state index contributed by atoms with van der Waals surface area (Å²) < 4.78 is 14.6. The maximum absolute atomic E-state index is 12.8. The zero-order valence-corrected chi connectivity index (χ0v) is 11.6. The molecule has 0 saturated carbocycles. The number of benzene rings is 1. The molecule has 0 atom stereocenters. The van der Waals surface area contributed by atoms with Crippen molar-refractivity contribution in [3.8, 4) is 0 Å². The first-order valence-corrected chi connectivity index (χ1v) is 6.90. The van der Waals surface area contributed by atoms with Gasteiger partial charge in [-0.3, -0.25) is 4.79 Å². The highest BCUT2D eigenvalue weighted by Crippen LogP contribution is 2.17. The Kier molecular flexibility index (Phi) is 4.31. The van der Waals surface area contributed by atoms with E-state index in [0.717, 1.165) is 12.2 Å². The van der Waals surface area contributed by atoms with E-state index < -0.39 is 0 Å². The van der Waals surface area contributed by atoms with Crippen molar-refractivity contribution in [3.63, 3.8) is 0 Å². The van der Waals surface area contributed by atoms with Crippen LogP contribution in [0.1, 0.15) is 23.1 Å². The molecule has 0 aliphatic heterocycles. The molecule has 0 saturated heterocycles. The summed E-state index contributed by atoms with van der Waals surface area (Å²) in [5.41, 5.74) is 0.506. The minimum atomic E-state index is -0.343. The topological polar surface area (TPSA) is 47.8 Å². The van der Waals surface area contributed by atoms with Crippen molar-refractivity contribution in [2.24, 2.45) is 7.05 Å². The van der Waals surface area contributed by atoms with Gasteiger partial charge in [0.2, 0.25) is 0 Å². The fourth-order valence-corrected chi connectivity index (χ4v) is 2.45. The van der Waals surface area contributed by atoms with Crippen LogP contribution in [0, 0.1) is 5.82 Å². The number of carbonyl (C=O) groups is 1. The molecule has 1 aromatic carbocycles. The van der Waals surface area contributed by atoms with Gasteiger partial charge < -0.3 is 4.57 Å². The monoisotopic (exact) mass is 279 g/mol. The Labute approximate surface area is 115 Å². The smallest absolute Gasteiger partial charge is 0.191 e. The van der Waals surface area contributed by atoms with E-state index >= 15 is 0 Å². The van der Waals surface area contributed by atoms with Gasteiger partial charge in [-0.2, -0.15) is 0 Å². The lowest BCUT2D eigenvalue weighted by molar-refractivity contribution is 0.102. The Hall–Kier alpha value is -1.69. The average Bonchev–Trinajstić information content (AvgIpc) is 2.77. The van der Waals surface area contributed by atoms with Crippen LogP contribution in [-0.2, 0) is 13.5 Å². The third-order valence-electron chi connectivity index (χ3n) is 2.74. The third kappa shape index (κ3) is 3.20. The highest BCUT2D eigenvalue weighted by molar-refractivity contribution is 7.99. The molecule has 0 aliphatic carbocycles. The second-order valence-electron chi connectivity index (χ2n) is 4.03. The summed E-state index contributed by atoms with van der Waals surface area (Å²) >= 11 is 1.34. The maximum Gasteiger partial charge on any atom is 0.191 e. The molecular formula is C13H14FN3OS. The lowest BCUT2D eigenvalue weighted by Gasteiger charge is -2.02. The Morgan fingerprint density at radius 1 is 1.32 bits per heavy atom. The Morgan fingerprint density at radius 3 is 2.58 bits per heavy atom. The molecule has 19 heavy (non-hydrogen) atoms. The minimum absolute atomic E-state index is 0.0500. The van der Waals surface area contributed by atoms with E-state index in [-0.39, 0.29) is 17.4 Å². The molecule has 2 aromatic rings. The predicted molar refractivity (Wildman–Crippen MR) is 71.8 cm³/mol. The first-order chi connectivity index (χ1) is 9.11. The second-order valence-corrected chi connectivity index (χ2v) is 4.97. The summed E-state index contributed by atoms with van der Waals surface area (Å²) in [5.74, 6) is 0.759. The molecule has 0 fully saturated rings. The van der Waals surface area contributed by atoms with Crippen LogP contribution in [0.25, 0.3) is 0 Å². The molecule has 6 heteroatoms. The number of Topliss-reactive ketones (excluding diaryl/α,β-unsaturated/α-hetero) is 1. The number of carbonyl (C=O) groups excluding carboxylic acids is 1. The number of ketones is 1. The second kappa shape index (κ2) is 5.97. The van der Waals surface area contributed by atoms with Gasteiger partial charge in [-0.05, 0) is 24.3 Å². The normalized spacial score (nSPS) is 10.7. The van der Waals surface area contributed by atoms with Crippen LogP contribution >= 0.6 is 11.8 Å². The molecule has 0 bridgehead atoms.